The van der Waals surface area contributed by atoms with E-state index in [0.717, 1.165) is 12.1 Å². The lowest BCUT2D eigenvalue weighted by Crippen LogP contribution is -1.97. The first kappa shape index (κ1) is 14.1. The van der Waals surface area contributed by atoms with E-state index < -0.39 is 4.92 Å². The normalized spacial score (nSPS) is 12.4. The summed E-state index contributed by atoms with van der Waals surface area (Å²) < 4.78 is 2.19. The highest BCUT2D eigenvalue weighted by atomic mass is 79.9. The predicted octanol–water partition coefficient (Wildman–Crippen LogP) is 3.78. The SMILES string of the molecule is CCC(Br)c1cn(-c2ccc([N+](=O)[O-])cc2Br)nn1. The molecule has 0 spiro atoms. The molecule has 19 heavy (non-hydrogen) atoms. The minimum absolute atomic E-state index is 0.0305. The van der Waals surface area contributed by atoms with Crippen LogP contribution in [0.25, 0.3) is 5.69 Å². The van der Waals surface area contributed by atoms with Crippen LogP contribution in [0.5, 0.6) is 0 Å². The molecule has 0 bridgehead atoms. The zero-order valence-corrected chi connectivity index (χ0v) is 13.1. The Bertz CT molecular complexity index is 614. The molecule has 1 unspecified atom stereocenters. The largest absolute Gasteiger partial charge is 0.270 e. The number of halogens is 2. The molecule has 0 aliphatic heterocycles. The number of aromatic nitrogens is 3. The average molecular weight is 390 g/mol. The minimum Gasteiger partial charge on any atom is -0.258 e. The molecule has 1 aromatic carbocycles. The third-order valence-electron chi connectivity index (χ3n) is 2.58. The van der Waals surface area contributed by atoms with Gasteiger partial charge in [-0.1, -0.05) is 28.1 Å². The van der Waals surface area contributed by atoms with E-state index in [-0.39, 0.29) is 10.5 Å². The molecule has 0 aliphatic carbocycles. The number of hydrogen-bond donors (Lipinski definition) is 0. The Labute approximate surface area is 126 Å². The predicted molar refractivity (Wildman–Crippen MR) is 77.7 cm³/mol. The van der Waals surface area contributed by atoms with Crippen LogP contribution in [0, 0.1) is 10.1 Å². The van der Waals surface area contributed by atoms with Crippen molar-refractivity contribution in [3.63, 3.8) is 0 Å². The molecule has 0 amide bonds. The maximum atomic E-state index is 10.7. The van der Waals surface area contributed by atoms with Gasteiger partial charge in [-0.15, -0.1) is 5.10 Å². The molecule has 2 aromatic rings. The van der Waals surface area contributed by atoms with Crippen molar-refractivity contribution in [3.8, 4) is 5.69 Å². The fourth-order valence-electron chi connectivity index (χ4n) is 1.54. The number of nitro benzene ring substituents is 1. The second kappa shape index (κ2) is 5.79. The highest BCUT2D eigenvalue weighted by molar-refractivity contribution is 9.10. The maximum absolute atomic E-state index is 10.7. The van der Waals surface area contributed by atoms with Gasteiger partial charge >= 0.3 is 0 Å². The second-order valence-electron chi connectivity index (χ2n) is 3.86. The van der Waals surface area contributed by atoms with Crippen molar-refractivity contribution in [1.29, 1.82) is 0 Å². The Morgan fingerprint density at radius 1 is 1.53 bits per heavy atom. The summed E-state index contributed by atoms with van der Waals surface area (Å²) in [5, 5.41) is 18.8. The molecule has 0 radical (unpaired) electrons. The molecule has 8 heteroatoms. The van der Waals surface area contributed by atoms with Crippen LogP contribution in [0.1, 0.15) is 23.9 Å². The van der Waals surface area contributed by atoms with Crippen LogP contribution in [0.2, 0.25) is 0 Å². The summed E-state index contributed by atoms with van der Waals surface area (Å²) in [6, 6.07) is 4.52. The fraction of sp³-hybridized carbons (Fsp3) is 0.273. The van der Waals surface area contributed by atoms with Crippen LogP contribution in [0.15, 0.2) is 28.9 Å². The van der Waals surface area contributed by atoms with E-state index in [2.05, 4.69) is 42.2 Å². The van der Waals surface area contributed by atoms with E-state index in [9.17, 15) is 10.1 Å². The highest BCUT2D eigenvalue weighted by Gasteiger charge is 2.14. The lowest BCUT2D eigenvalue weighted by molar-refractivity contribution is -0.384. The smallest absolute Gasteiger partial charge is 0.258 e. The molecule has 1 atom stereocenters. The van der Waals surface area contributed by atoms with Gasteiger partial charge in [0, 0.05) is 12.1 Å². The standard InChI is InChI=1S/C11H10Br2N4O2/c1-2-8(12)10-6-16(15-14-10)11-4-3-7(17(18)19)5-9(11)13/h3-6,8H,2H2,1H3. The van der Waals surface area contributed by atoms with E-state index in [1.807, 2.05) is 6.92 Å². The molecule has 2 rings (SSSR count). The summed E-state index contributed by atoms with van der Waals surface area (Å²) in [6.45, 7) is 2.04. The van der Waals surface area contributed by atoms with Crippen LogP contribution in [0.3, 0.4) is 0 Å². The van der Waals surface area contributed by atoms with Crippen molar-refractivity contribution in [3.05, 3.63) is 44.7 Å². The molecule has 1 aromatic heterocycles. The highest BCUT2D eigenvalue weighted by Crippen LogP contribution is 2.28. The first-order valence-corrected chi connectivity index (χ1v) is 7.24. The van der Waals surface area contributed by atoms with Crippen LogP contribution >= 0.6 is 31.9 Å². The third-order valence-corrected chi connectivity index (χ3v) is 4.33. The Balaban J connectivity index is 2.37. The van der Waals surface area contributed by atoms with Crippen molar-refractivity contribution in [1.82, 2.24) is 15.0 Å². The zero-order valence-electron chi connectivity index (χ0n) is 9.96. The van der Waals surface area contributed by atoms with E-state index >= 15 is 0 Å². The molecular formula is C11H10Br2N4O2. The fourth-order valence-corrected chi connectivity index (χ4v) is 2.30. The number of non-ortho nitro benzene ring substituents is 1. The lowest BCUT2D eigenvalue weighted by atomic mass is 10.2. The lowest BCUT2D eigenvalue weighted by Gasteiger charge is -2.03. The summed E-state index contributed by atoms with van der Waals surface area (Å²) in [4.78, 5) is 10.4. The van der Waals surface area contributed by atoms with Crippen LogP contribution < -0.4 is 0 Å². The molecule has 0 saturated carbocycles. The topological polar surface area (TPSA) is 73.8 Å². The van der Waals surface area contributed by atoms with Crippen LogP contribution in [-0.4, -0.2) is 19.9 Å². The van der Waals surface area contributed by atoms with Gasteiger partial charge in [-0.2, -0.15) is 0 Å². The van der Waals surface area contributed by atoms with Crippen molar-refractivity contribution in [2.24, 2.45) is 0 Å². The Morgan fingerprint density at radius 2 is 2.26 bits per heavy atom. The van der Waals surface area contributed by atoms with E-state index in [0.29, 0.717) is 10.2 Å². The average Bonchev–Trinajstić information content (AvgIpc) is 2.87. The van der Waals surface area contributed by atoms with Crippen LogP contribution in [0.4, 0.5) is 5.69 Å². The molecule has 0 saturated heterocycles. The van der Waals surface area contributed by atoms with Gasteiger partial charge in [-0.3, -0.25) is 10.1 Å². The van der Waals surface area contributed by atoms with Crippen molar-refractivity contribution in [2.75, 3.05) is 0 Å². The quantitative estimate of drug-likeness (QED) is 0.453. The summed E-state index contributed by atoms with van der Waals surface area (Å²) in [5.74, 6) is 0. The van der Waals surface area contributed by atoms with Gasteiger partial charge in [-0.05, 0) is 28.4 Å². The first-order chi connectivity index (χ1) is 9.02. The summed E-state index contributed by atoms with van der Waals surface area (Å²) in [5.41, 5.74) is 1.57. The number of rotatable bonds is 4. The van der Waals surface area contributed by atoms with Gasteiger partial charge in [0.25, 0.3) is 5.69 Å². The van der Waals surface area contributed by atoms with Gasteiger partial charge < -0.3 is 0 Å². The monoisotopic (exact) mass is 388 g/mol. The molecule has 0 aliphatic rings. The molecule has 100 valence electrons. The number of alkyl halides is 1. The number of nitro groups is 1. The van der Waals surface area contributed by atoms with E-state index in [1.165, 1.54) is 12.1 Å². The Morgan fingerprint density at radius 3 is 2.84 bits per heavy atom. The summed E-state index contributed by atoms with van der Waals surface area (Å²) >= 11 is 6.81. The van der Waals surface area contributed by atoms with Gasteiger partial charge in [0.05, 0.1) is 31.8 Å². The maximum Gasteiger partial charge on any atom is 0.270 e. The molecule has 0 fully saturated rings. The van der Waals surface area contributed by atoms with Crippen molar-refractivity contribution in [2.45, 2.75) is 18.2 Å². The second-order valence-corrected chi connectivity index (χ2v) is 5.82. The van der Waals surface area contributed by atoms with Gasteiger partial charge in [-0.25, -0.2) is 4.68 Å². The zero-order chi connectivity index (χ0) is 14.0. The summed E-state index contributed by atoms with van der Waals surface area (Å²) in [7, 11) is 0. The molecule has 0 N–H and O–H groups in total. The Hall–Kier alpha value is -1.28. The Kier molecular flexibility index (Phi) is 4.31. The number of nitrogens with zero attached hydrogens (tertiary/aromatic N) is 4. The van der Waals surface area contributed by atoms with Crippen LogP contribution in [-0.2, 0) is 0 Å². The molecular weight excluding hydrogens is 380 g/mol. The molecule has 1 heterocycles. The number of hydrogen-bond acceptors (Lipinski definition) is 4. The van der Waals surface area contributed by atoms with E-state index in [4.69, 9.17) is 0 Å². The van der Waals surface area contributed by atoms with Gasteiger partial charge in [0.2, 0.25) is 0 Å². The molecule has 6 nitrogen and oxygen atoms in total. The third kappa shape index (κ3) is 3.01. The van der Waals surface area contributed by atoms with Gasteiger partial charge in [0.15, 0.2) is 0 Å². The van der Waals surface area contributed by atoms with Crippen molar-refractivity contribution >= 4 is 37.5 Å². The summed E-state index contributed by atoms with van der Waals surface area (Å²) in [6.07, 6.45) is 2.70. The van der Waals surface area contributed by atoms with Crippen molar-refractivity contribution < 1.29 is 4.92 Å². The van der Waals surface area contributed by atoms with Gasteiger partial charge in [0.1, 0.15) is 0 Å². The number of benzene rings is 1. The van der Waals surface area contributed by atoms with E-state index in [1.54, 1.807) is 16.9 Å². The minimum atomic E-state index is -0.438. The first-order valence-electron chi connectivity index (χ1n) is 5.53.